The van der Waals surface area contributed by atoms with Crippen LogP contribution < -0.4 is 5.32 Å². The number of fused-ring (bicyclic) bond motifs is 1. The Balaban J connectivity index is 2.00. The number of hydrogen-bond acceptors (Lipinski definition) is 4. The Morgan fingerprint density at radius 2 is 2.30 bits per heavy atom. The summed E-state index contributed by atoms with van der Waals surface area (Å²) in [5.74, 6) is 1.10. The first-order valence-corrected chi connectivity index (χ1v) is 7.18. The van der Waals surface area contributed by atoms with E-state index in [1.807, 2.05) is 18.5 Å². The maximum absolute atomic E-state index is 5.54. The maximum atomic E-state index is 5.54. The zero-order valence-corrected chi connectivity index (χ0v) is 12.4. The molecule has 108 valence electrons. The Morgan fingerprint density at radius 3 is 3.00 bits per heavy atom. The van der Waals surface area contributed by atoms with Crippen molar-refractivity contribution in [2.45, 2.75) is 38.8 Å². The van der Waals surface area contributed by atoms with Gasteiger partial charge >= 0.3 is 0 Å². The highest BCUT2D eigenvalue weighted by molar-refractivity contribution is 5.75. The summed E-state index contributed by atoms with van der Waals surface area (Å²) in [6.07, 6.45) is 4.55. The molecular weight excluding hydrogens is 252 g/mol. The summed E-state index contributed by atoms with van der Waals surface area (Å²) in [4.78, 5) is 8.96. The number of imidazole rings is 1. The average molecular weight is 274 g/mol. The molecule has 0 amide bonds. The standard InChI is InChI=1S/C15H22N4O/c1-15(2,3)19-13-4-5-16-9-12(13)18-14(19)8-11-10-20-7-6-17-11/h4-5,9,11,17H,6-8,10H2,1-3H3. The molecule has 1 atom stereocenters. The first kappa shape index (κ1) is 13.5. The van der Waals surface area contributed by atoms with E-state index in [9.17, 15) is 0 Å². The van der Waals surface area contributed by atoms with E-state index < -0.39 is 0 Å². The number of nitrogens with one attached hydrogen (secondary N) is 1. The van der Waals surface area contributed by atoms with Gasteiger partial charge in [-0.05, 0) is 26.8 Å². The SMILES string of the molecule is CC(C)(C)n1c(CC2COCCN2)nc2cnccc21. The van der Waals surface area contributed by atoms with Gasteiger partial charge in [-0.2, -0.15) is 0 Å². The van der Waals surface area contributed by atoms with Crippen LogP contribution in [0.1, 0.15) is 26.6 Å². The molecule has 1 aliphatic heterocycles. The highest BCUT2D eigenvalue weighted by Gasteiger charge is 2.24. The molecule has 5 heteroatoms. The molecule has 0 saturated carbocycles. The third-order valence-electron chi connectivity index (χ3n) is 3.62. The lowest BCUT2D eigenvalue weighted by atomic mass is 10.1. The molecule has 5 nitrogen and oxygen atoms in total. The number of pyridine rings is 1. The lowest BCUT2D eigenvalue weighted by Crippen LogP contribution is -2.43. The molecule has 3 heterocycles. The van der Waals surface area contributed by atoms with E-state index in [-0.39, 0.29) is 5.54 Å². The first-order chi connectivity index (χ1) is 9.55. The Bertz CT molecular complexity index is 593. The fourth-order valence-electron chi connectivity index (χ4n) is 2.84. The quantitative estimate of drug-likeness (QED) is 0.906. The number of aromatic nitrogens is 3. The van der Waals surface area contributed by atoms with Crippen LogP contribution >= 0.6 is 0 Å². The van der Waals surface area contributed by atoms with Crippen molar-refractivity contribution in [2.24, 2.45) is 0 Å². The van der Waals surface area contributed by atoms with Gasteiger partial charge in [0.25, 0.3) is 0 Å². The summed E-state index contributed by atoms with van der Waals surface area (Å²) in [7, 11) is 0. The largest absolute Gasteiger partial charge is 0.379 e. The number of hydrogen-bond donors (Lipinski definition) is 1. The molecular formula is C15H22N4O. The second-order valence-electron chi connectivity index (χ2n) is 6.33. The van der Waals surface area contributed by atoms with Crippen LogP contribution in [-0.4, -0.2) is 40.3 Å². The zero-order valence-electron chi connectivity index (χ0n) is 12.4. The van der Waals surface area contributed by atoms with Gasteiger partial charge in [0.05, 0.1) is 24.9 Å². The van der Waals surface area contributed by atoms with Crippen molar-refractivity contribution in [3.63, 3.8) is 0 Å². The summed E-state index contributed by atoms with van der Waals surface area (Å²) >= 11 is 0. The molecule has 2 aromatic rings. The number of rotatable bonds is 2. The molecule has 1 unspecified atom stereocenters. The van der Waals surface area contributed by atoms with E-state index in [1.165, 1.54) is 0 Å². The molecule has 1 saturated heterocycles. The second-order valence-corrected chi connectivity index (χ2v) is 6.33. The smallest absolute Gasteiger partial charge is 0.112 e. The number of nitrogens with zero attached hydrogens (tertiary/aromatic N) is 3. The Morgan fingerprint density at radius 1 is 1.45 bits per heavy atom. The predicted molar refractivity (Wildman–Crippen MR) is 78.8 cm³/mol. The fourth-order valence-corrected chi connectivity index (χ4v) is 2.84. The Hall–Kier alpha value is -1.46. The van der Waals surface area contributed by atoms with Crippen molar-refractivity contribution < 1.29 is 4.74 Å². The number of morpholine rings is 1. The maximum Gasteiger partial charge on any atom is 0.112 e. The van der Waals surface area contributed by atoms with Crippen LogP contribution in [0.5, 0.6) is 0 Å². The van der Waals surface area contributed by atoms with Crippen LogP contribution in [0, 0.1) is 0 Å². The van der Waals surface area contributed by atoms with Gasteiger partial charge in [0.15, 0.2) is 0 Å². The molecule has 0 aliphatic carbocycles. The minimum absolute atomic E-state index is 0.000953. The molecule has 20 heavy (non-hydrogen) atoms. The lowest BCUT2D eigenvalue weighted by Gasteiger charge is -2.28. The van der Waals surface area contributed by atoms with Crippen LogP contribution in [0.4, 0.5) is 0 Å². The molecule has 0 aromatic carbocycles. The van der Waals surface area contributed by atoms with E-state index in [1.54, 1.807) is 0 Å². The minimum atomic E-state index is 0.000953. The zero-order chi connectivity index (χ0) is 14.2. The van der Waals surface area contributed by atoms with Crippen molar-refractivity contribution in [3.05, 3.63) is 24.3 Å². The molecule has 3 rings (SSSR count). The summed E-state index contributed by atoms with van der Waals surface area (Å²) in [6.45, 7) is 9.11. The Labute approximate surface area is 119 Å². The van der Waals surface area contributed by atoms with Crippen molar-refractivity contribution in [1.82, 2.24) is 19.9 Å². The van der Waals surface area contributed by atoms with Crippen LogP contribution in [0.2, 0.25) is 0 Å². The van der Waals surface area contributed by atoms with Crippen molar-refractivity contribution in [2.75, 3.05) is 19.8 Å². The normalized spacial score (nSPS) is 20.4. The van der Waals surface area contributed by atoms with Crippen molar-refractivity contribution >= 4 is 11.0 Å². The van der Waals surface area contributed by atoms with Gasteiger partial charge in [0.2, 0.25) is 0 Å². The molecule has 1 fully saturated rings. The third kappa shape index (κ3) is 2.55. The topological polar surface area (TPSA) is 52.0 Å². The molecule has 1 aliphatic rings. The second kappa shape index (κ2) is 5.14. The molecule has 0 spiro atoms. The van der Waals surface area contributed by atoms with E-state index in [2.05, 4.69) is 35.6 Å². The van der Waals surface area contributed by atoms with Gasteiger partial charge in [-0.1, -0.05) is 0 Å². The van der Waals surface area contributed by atoms with Crippen LogP contribution in [0.25, 0.3) is 11.0 Å². The molecule has 2 aromatic heterocycles. The Kier molecular flexibility index (Phi) is 3.48. The van der Waals surface area contributed by atoms with Crippen LogP contribution in [0.15, 0.2) is 18.5 Å². The van der Waals surface area contributed by atoms with Gasteiger partial charge in [0.1, 0.15) is 11.3 Å². The van der Waals surface area contributed by atoms with E-state index in [4.69, 9.17) is 9.72 Å². The lowest BCUT2D eigenvalue weighted by molar-refractivity contribution is 0.0758. The molecule has 1 N–H and O–H groups in total. The van der Waals surface area contributed by atoms with Gasteiger partial charge in [-0.3, -0.25) is 4.98 Å². The highest BCUT2D eigenvalue weighted by atomic mass is 16.5. The monoisotopic (exact) mass is 274 g/mol. The summed E-state index contributed by atoms with van der Waals surface area (Å²) in [6, 6.07) is 2.39. The first-order valence-electron chi connectivity index (χ1n) is 7.18. The van der Waals surface area contributed by atoms with Gasteiger partial charge < -0.3 is 14.6 Å². The van der Waals surface area contributed by atoms with Crippen molar-refractivity contribution in [3.8, 4) is 0 Å². The molecule has 0 radical (unpaired) electrons. The van der Waals surface area contributed by atoms with Gasteiger partial charge in [-0.25, -0.2) is 4.98 Å². The fraction of sp³-hybridized carbons (Fsp3) is 0.600. The highest BCUT2D eigenvalue weighted by Crippen LogP contribution is 2.25. The van der Waals surface area contributed by atoms with E-state index in [0.29, 0.717) is 6.04 Å². The minimum Gasteiger partial charge on any atom is -0.379 e. The number of ether oxygens (including phenoxy) is 1. The van der Waals surface area contributed by atoms with Crippen LogP contribution in [0.3, 0.4) is 0 Å². The van der Waals surface area contributed by atoms with Gasteiger partial charge in [0, 0.05) is 30.7 Å². The summed E-state index contributed by atoms with van der Waals surface area (Å²) in [5.41, 5.74) is 2.12. The predicted octanol–water partition coefficient (Wildman–Crippen LogP) is 1.72. The summed E-state index contributed by atoms with van der Waals surface area (Å²) in [5, 5.41) is 3.50. The summed E-state index contributed by atoms with van der Waals surface area (Å²) < 4.78 is 7.86. The average Bonchev–Trinajstić information content (AvgIpc) is 2.77. The van der Waals surface area contributed by atoms with E-state index in [0.717, 1.165) is 43.0 Å². The van der Waals surface area contributed by atoms with Crippen LogP contribution in [-0.2, 0) is 16.7 Å². The van der Waals surface area contributed by atoms with Crippen molar-refractivity contribution in [1.29, 1.82) is 0 Å². The third-order valence-corrected chi connectivity index (χ3v) is 3.62. The van der Waals surface area contributed by atoms with E-state index >= 15 is 0 Å². The molecule has 0 bridgehead atoms. The van der Waals surface area contributed by atoms with Gasteiger partial charge in [-0.15, -0.1) is 0 Å².